The van der Waals surface area contributed by atoms with Crippen molar-refractivity contribution in [3.8, 4) is 5.69 Å². The van der Waals surface area contributed by atoms with E-state index >= 15 is 0 Å². The highest BCUT2D eigenvalue weighted by molar-refractivity contribution is 5.89. The lowest BCUT2D eigenvalue weighted by Gasteiger charge is -2.08. The van der Waals surface area contributed by atoms with E-state index in [1.165, 1.54) is 7.11 Å². The fourth-order valence-electron chi connectivity index (χ4n) is 3.06. The van der Waals surface area contributed by atoms with Crippen LogP contribution in [0.4, 0.5) is 0 Å². The lowest BCUT2D eigenvalue weighted by molar-refractivity contribution is -0.140. The number of nitrogens with zero attached hydrogens (tertiary/aromatic N) is 3. The van der Waals surface area contributed by atoms with E-state index in [9.17, 15) is 9.59 Å². The second-order valence-electron chi connectivity index (χ2n) is 6.58. The van der Waals surface area contributed by atoms with E-state index in [1.54, 1.807) is 24.4 Å². The molecule has 29 heavy (non-hydrogen) atoms. The molecule has 1 aromatic carbocycles. The summed E-state index contributed by atoms with van der Waals surface area (Å²) in [5.74, 6) is -0.653. The molecule has 0 aliphatic carbocycles. The standard InChI is InChI=1S/C22H23N3O4/c1-15-20(11-12-21(26)28-3)16(2)25(24-15)19-9-7-17(8-10-19)22(27)29-14-18-6-4-5-13-23-18/h4-10,13H,11-12,14H2,1-3H3. The van der Waals surface area contributed by atoms with E-state index in [0.29, 0.717) is 24.1 Å². The average molecular weight is 393 g/mol. The van der Waals surface area contributed by atoms with Crippen molar-refractivity contribution in [2.24, 2.45) is 0 Å². The predicted octanol–water partition coefficient (Wildman–Crippen LogP) is 3.35. The van der Waals surface area contributed by atoms with Gasteiger partial charge in [0.25, 0.3) is 0 Å². The molecule has 0 saturated heterocycles. The minimum absolute atomic E-state index is 0.127. The van der Waals surface area contributed by atoms with Crippen molar-refractivity contribution in [2.75, 3.05) is 7.11 Å². The zero-order valence-electron chi connectivity index (χ0n) is 16.7. The summed E-state index contributed by atoms with van der Waals surface area (Å²) < 4.78 is 11.8. The van der Waals surface area contributed by atoms with Crippen LogP contribution < -0.4 is 0 Å². The van der Waals surface area contributed by atoms with E-state index in [4.69, 9.17) is 9.47 Å². The highest BCUT2D eigenvalue weighted by Gasteiger charge is 2.15. The Morgan fingerprint density at radius 3 is 2.48 bits per heavy atom. The first kappa shape index (κ1) is 20.3. The van der Waals surface area contributed by atoms with Crippen LogP contribution in [0.1, 0.15) is 39.4 Å². The van der Waals surface area contributed by atoms with Crippen molar-refractivity contribution in [3.05, 3.63) is 76.9 Å². The predicted molar refractivity (Wildman–Crippen MR) is 107 cm³/mol. The molecule has 0 saturated carbocycles. The molecule has 3 rings (SSSR count). The normalized spacial score (nSPS) is 10.6. The molecule has 0 aliphatic heterocycles. The second-order valence-corrected chi connectivity index (χ2v) is 6.58. The van der Waals surface area contributed by atoms with Crippen LogP contribution >= 0.6 is 0 Å². The lowest BCUT2D eigenvalue weighted by Crippen LogP contribution is -2.07. The number of carbonyl (C=O) groups is 2. The summed E-state index contributed by atoms with van der Waals surface area (Å²) in [6.45, 7) is 4.00. The van der Waals surface area contributed by atoms with Crippen LogP contribution in [0.15, 0.2) is 48.7 Å². The highest BCUT2D eigenvalue weighted by atomic mass is 16.5. The topological polar surface area (TPSA) is 83.3 Å². The molecule has 0 N–H and O–H groups in total. The summed E-state index contributed by atoms with van der Waals surface area (Å²) in [4.78, 5) is 27.8. The third-order valence-electron chi connectivity index (χ3n) is 4.67. The van der Waals surface area contributed by atoms with Crippen molar-refractivity contribution in [1.82, 2.24) is 14.8 Å². The molecule has 0 radical (unpaired) electrons. The number of ether oxygens (including phenoxy) is 2. The van der Waals surface area contributed by atoms with Gasteiger partial charge in [-0.3, -0.25) is 9.78 Å². The molecule has 0 fully saturated rings. The fraction of sp³-hybridized carbons (Fsp3) is 0.273. The van der Waals surface area contributed by atoms with Gasteiger partial charge in [-0.2, -0.15) is 5.10 Å². The number of aromatic nitrogens is 3. The van der Waals surface area contributed by atoms with Gasteiger partial charge in [0.2, 0.25) is 0 Å². The molecule has 2 heterocycles. The summed E-state index contributed by atoms with van der Waals surface area (Å²) in [5, 5.41) is 4.57. The fourth-order valence-corrected chi connectivity index (χ4v) is 3.06. The Bertz CT molecular complexity index is 995. The summed E-state index contributed by atoms with van der Waals surface area (Å²) in [6, 6.07) is 12.5. The lowest BCUT2D eigenvalue weighted by atomic mass is 10.1. The van der Waals surface area contributed by atoms with Crippen LogP contribution in [-0.2, 0) is 27.3 Å². The van der Waals surface area contributed by atoms with Crippen LogP contribution in [0.5, 0.6) is 0 Å². The van der Waals surface area contributed by atoms with E-state index < -0.39 is 5.97 Å². The smallest absolute Gasteiger partial charge is 0.338 e. The van der Waals surface area contributed by atoms with Crippen LogP contribution in [0, 0.1) is 13.8 Å². The van der Waals surface area contributed by atoms with Gasteiger partial charge in [0.1, 0.15) is 6.61 Å². The van der Waals surface area contributed by atoms with Crippen molar-refractivity contribution in [1.29, 1.82) is 0 Å². The van der Waals surface area contributed by atoms with Gasteiger partial charge in [-0.1, -0.05) is 6.07 Å². The van der Waals surface area contributed by atoms with Crippen LogP contribution in [-0.4, -0.2) is 33.8 Å². The van der Waals surface area contributed by atoms with Gasteiger partial charge in [0, 0.05) is 18.3 Å². The first-order valence-corrected chi connectivity index (χ1v) is 9.29. The molecular weight excluding hydrogens is 370 g/mol. The summed E-state index contributed by atoms with van der Waals surface area (Å²) >= 11 is 0. The summed E-state index contributed by atoms with van der Waals surface area (Å²) in [7, 11) is 1.38. The van der Waals surface area contributed by atoms with Gasteiger partial charge in [-0.25, -0.2) is 9.48 Å². The largest absolute Gasteiger partial charge is 0.469 e. The molecule has 0 unspecified atom stereocenters. The Labute approximate surface area is 169 Å². The number of hydrogen-bond acceptors (Lipinski definition) is 6. The number of hydrogen-bond donors (Lipinski definition) is 0. The van der Waals surface area contributed by atoms with Gasteiger partial charge in [-0.15, -0.1) is 0 Å². The molecule has 0 bridgehead atoms. The molecule has 0 spiro atoms. The van der Waals surface area contributed by atoms with Crippen molar-refractivity contribution >= 4 is 11.9 Å². The van der Waals surface area contributed by atoms with Gasteiger partial charge in [0.05, 0.1) is 29.7 Å². The van der Waals surface area contributed by atoms with Gasteiger partial charge >= 0.3 is 11.9 Å². The van der Waals surface area contributed by atoms with Gasteiger partial charge < -0.3 is 9.47 Å². The third-order valence-corrected chi connectivity index (χ3v) is 4.67. The Morgan fingerprint density at radius 1 is 1.07 bits per heavy atom. The Morgan fingerprint density at radius 2 is 1.83 bits per heavy atom. The number of aryl methyl sites for hydroxylation is 1. The van der Waals surface area contributed by atoms with Crippen molar-refractivity contribution in [3.63, 3.8) is 0 Å². The maximum atomic E-state index is 12.3. The molecule has 150 valence electrons. The van der Waals surface area contributed by atoms with E-state index in [2.05, 4.69) is 10.1 Å². The van der Waals surface area contributed by atoms with E-state index in [-0.39, 0.29) is 12.6 Å². The number of rotatable bonds is 7. The zero-order chi connectivity index (χ0) is 20.8. The maximum Gasteiger partial charge on any atom is 0.338 e. The SMILES string of the molecule is COC(=O)CCc1c(C)nn(-c2ccc(C(=O)OCc3ccccn3)cc2)c1C. The first-order valence-electron chi connectivity index (χ1n) is 9.29. The Hall–Kier alpha value is -3.48. The summed E-state index contributed by atoms with van der Waals surface area (Å²) in [5.41, 5.74) is 4.82. The van der Waals surface area contributed by atoms with Crippen LogP contribution in [0.25, 0.3) is 5.69 Å². The number of carbonyl (C=O) groups excluding carboxylic acids is 2. The number of esters is 2. The van der Waals surface area contributed by atoms with E-state index in [0.717, 1.165) is 22.6 Å². The molecule has 0 amide bonds. The minimum Gasteiger partial charge on any atom is -0.469 e. The number of pyridine rings is 1. The van der Waals surface area contributed by atoms with Crippen molar-refractivity contribution in [2.45, 2.75) is 33.3 Å². The molecule has 3 aromatic rings. The zero-order valence-corrected chi connectivity index (χ0v) is 16.7. The van der Waals surface area contributed by atoms with E-state index in [1.807, 2.05) is 42.8 Å². The summed E-state index contributed by atoms with van der Waals surface area (Å²) in [6.07, 6.45) is 2.54. The molecule has 0 aliphatic rings. The average Bonchev–Trinajstić information content (AvgIpc) is 3.04. The molecular formula is C22H23N3O4. The maximum absolute atomic E-state index is 12.3. The Balaban J connectivity index is 1.70. The quantitative estimate of drug-likeness (QED) is 0.573. The number of methoxy groups -OCH3 is 1. The molecule has 2 aromatic heterocycles. The van der Waals surface area contributed by atoms with Gasteiger partial charge in [-0.05, 0) is 62.2 Å². The highest BCUT2D eigenvalue weighted by Crippen LogP contribution is 2.20. The first-order chi connectivity index (χ1) is 14.0. The molecule has 0 atom stereocenters. The molecule has 7 heteroatoms. The second kappa shape index (κ2) is 9.14. The Kier molecular flexibility index (Phi) is 6.39. The molecule has 7 nitrogen and oxygen atoms in total. The monoisotopic (exact) mass is 393 g/mol. The van der Waals surface area contributed by atoms with Crippen LogP contribution in [0.2, 0.25) is 0 Å². The number of benzene rings is 1. The third kappa shape index (κ3) is 4.87. The minimum atomic E-state index is -0.408. The van der Waals surface area contributed by atoms with Crippen molar-refractivity contribution < 1.29 is 19.1 Å². The van der Waals surface area contributed by atoms with Gasteiger partial charge in [0.15, 0.2) is 0 Å². The van der Waals surface area contributed by atoms with Crippen LogP contribution in [0.3, 0.4) is 0 Å².